The Balaban J connectivity index is 2.05. The molecule has 0 spiro atoms. The van der Waals surface area contributed by atoms with E-state index in [1.54, 1.807) is 12.1 Å². The largest absolute Gasteiger partial charge is 0.435 e. The molecule has 0 aliphatic rings. The van der Waals surface area contributed by atoms with Crippen LogP contribution in [0, 0.1) is 0 Å². The summed E-state index contributed by atoms with van der Waals surface area (Å²) in [5.41, 5.74) is 2.42. The van der Waals surface area contributed by atoms with Crippen molar-refractivity contribution in [3.05, 3.63) is 46.4 Å². The summed E-state index contributed by atoms with van der Waals surface area (Å²) in [6, 6.07) is 11.0. The highest BCUT2D eigenvalue weighted by Gasteiger charge is 2.20. The van der Waals surface area contributed by atoms with Gasteiger partial charge in [0.25, 0.3) is 0 Å². The minimum absolute atomic E-state index is 0.215. The number of aldehydes is 1. The number of Topliss-reactive ketones (excluding diaryl/α,β-unsaturated/α-hetero) is 1. The summed E-state index contributed by atoms with van der Waals surface area (Å²) in [5.74, 6) is -0.237. The summed E-state index contributed by atoms with van der Waals surface area (Å²) < 4.78 is 6.81. The molecule has 3 rings (SSSR count). The monoisotopic (exact) mass is 415 g/mol. The number of carbonyl (C=O) groups excluding carboxylic acids is 2. The Morgan fingerprint density at radius 2 is 1.96 bits per heavy atom. The number of carbonyl (C=O) groups is 2. The molecule has 0 bridgehead atoms. The van der Waals surface area contributed by atoms with Crippen molar-refractivity contribution >= 4 is 44.8 Å². The predicted molar refractivity (Wildman–Crippen MR) is 105 cm³/mol. The third-order valence-corrected chi connectivity index (χ3v) is 4.41. The van der Waals surface area contributed by atoms with E-state index in [2.05, 4.69) is 26.2 Å². The first-order chi connectivity index (χ1) is 12.5. The van der Waals surface area contributed by atoms with Crippen molar-refractivity contribution in [3.8, 4) is 11.5 Å². The molecule has 0 atom stereocenters. The van der Waals surface area contributed by atoms with E-state index in [4.69, 9.17) is 4.42 Å². The molecule has 0 aliphatic heterocycles. The second-order valence-electron chi connectivity index (χ2n) is 6.07. The number of benzene rings is 2. The number of oxazole rings is 1. The first-order valence-corrected chi connectivity index (χ1v) is 8.86. The van der Waals surface area contributed by atoms with Crippen molar-refractivity contribution in [1.29, 1.82) is 0 Å². The van der Waals surface area contributed by atoms with Crippen molar-refractivity contribution in [2.75, 3.05) is 32.5 Å². The molecule has 0 saturated carbocycles. The molecule has 7 heteroatoms. The van der Waals surface area contributed by atoms with Gasteiger partial charge in [0, 0.05) is 28.8 Å². The van der Waals surface area contributed by atoms with Gasteiger partial charge < -0.3 is 14.6 Å². The molecule has 1 N–H and O–H groups in total. The van der Waals surface area contributed by atoms with Gasteiger partial charge in [0.2, 0.25) is 11.7 Å². The Kier molecular flexibility index (Phi) is 5.49. The minimum atomic E-state index is -0.638. The number of ketones is 1. The van der Waals surface area contributed by atoms with E-state index in [9.17, 15) is 9.59 Å². The Bertz CT molecular complexity index is 949. The Hall–Kier alpha value is -2.51. The van der Waals surface area contributed by atoms with Gasteiger partial charge in [-0.15, -0.1) is 0 Å². The maximum atomic E-state index is 12.2. The fourth-order valence-electron chi connectivity index (χ4n) is 2.57. The van der Waals surface area contributed by atoms with Gasteiger partial charge in [-0.1, -0.05) is 15.9 Å². The van der Waals surface area contributed by atoms with Gasteiger partial charge in [-0.3, -0.25) is 9.59 Å². The standard InChI is InChI=1S/C19H18BrN3O3/c1-23(2)10-9-21-14-7-8-15-18(17(14)16(25)11-24)26-19(22-15)12-3-5-13(20)6-4-12/h3-8,11,21H,9-10H2,1-2H3. The zero-order chi connectivity index (χ0) is 18.7. The van der Waals surface area contributed by atoms with Crippen molar-refractivity contribution in [1.82, 2.24) is 9.88 Å². The minimum Gasteiger partial charge on any atom is -0.435 e. The number of fused-ring (bicyclic) bond motifs is 1. The normalized spacial score (nSPS) is 11.1. The summed E-state index contributed by atoms with van der Waals surface area (Å²) in [6.07, 6.45) is 0.299. The maximum Gasteiger partial charge on any atom is 0.231 e. The molecule has 3 aromatic rings. The van der Waals surface area contributed by atoms with Crippen LogP contribution in [0.2, 0.25) is 0 Å². The number of nitrogens with one attached hydrogen (secondary N) is 1. The summed E-state index contributed by atoms with van der Waals surface area (Å²) >= 11 is 3.39. The summed E-state index contributed by atoms with van der Waals surface area (Å²) in [7, 11) is 3.92. The van der Waals surface area contributed by atoms with Crippen molar-refractivity contribution in [2.45, 2.75) is 0 Å². The molecule has 134 valence electrons. The molecule has 26 heavy (non-hydrogen) atoms. The van der Waals surface area contributed by atoms with Crippen LogP contribution in [0.4, 0.5) is 5.69 Å². The number of aromatic nitrogens is 1. The summed E-state index contributed by atoms with van der Waals surface area (Å²) in [5, 5.41) is 3.19. The third kappa shape index (κ3) is 3.84. The lowest BCUT2D eigenvalue weighted by molar-refractivity contribution is -0.104. The second kappa shape index (κ2) is 7.80. The number of nitrogens with zero attached hydrogens (tertiary/aromatic N) is 2. The van der Waals surface area contributed by atoms with E-state index >= 15 is 0 Å². The van der Waals surface area contributed by atoms with Gasteiger partial charge in [0.05, 0.1) is 5.56 Å². The van der Waals surface area contributed by atoms with Gasteiger partial charge in [-0.05, 0) is 50.5 Å². The lowest BCUT2D eigenvalue weighted by Crippen LogP contribution is -2.21. The number of rotatable bonds is 7. The average molecular weight is 416 g/mol. The zero-order valence-electron chi connectivity index (χ0n) is 14.5. The topological polar surface area (TPSA) is 75.4 Å². The van der Waals surface area contributed by atoms with Crippen LogP contribution >= 0.6 is 15.9 Å². The first-order valence-electron chi connectivity index (χ1n) is 8.07. The van der Waals surface area contributed by atoms with Crippen LogP contribution in [0.3, 0.4) is 0 Å². The fraction of sp³-hybridized carbons (Fsp3) is 0.211. The van der Waals surface area contributed by atoms with Crippen LogP contribution in [0.1, 0.15) is 10.4 Å². The van der Waals surface area contributed by atoms with Crippen LogP contribution in [0.5, 0.6) is 0 Å². The third-order valence-electron chi connectivity index (χ3n) is 3.88. The zero-order valence-corrected chi connectivity index (χ0v) is 16.0. The molecule has 0 amide bonds. The van der Waals surface area contributed by atoms with E-state index in [0.717, 1.165) is 16.6 Å². The molecule has 0 radical (unpaired) electrons. The number of likely N-dealkylation sites (N-methyl/N-ethyl adjacent to an activating group) is 1. The Morgan fingerprint density at radius 3 is 2.62 bits per heavy atom. The number of hydrogen-bond donors (Lipinski definition) is 1. The highest BCUT2D eigenvalue weighted by molar-refractivity contribution is 9.10. The van der Waals surface area contributed by atoms with E-state index in [0.29, 0.717) is 35.5 Å². The van der Waals surface area contributed by atoms with Gasteiger partial charge in [-0.25, -0.2) is 4.98 Å². The van der Waals surface area contributed by atoms with Crippen LogP contribution < -0.4 is 5.32 Å². The van der Waals surface area contributed by atoms with E-state index in [1.807, 2.05) is 43.3 Å². The molecule has 0 fully saturated rings. The highest BCUT2D eigenvalue weighted by Crippen LogP contribution is 2.31. The lowest BCUT2D eigenvalue weighted by atomic mass is 10.1. The van der Waals surface area contributed by atoms with Gasteiger partial charge in [0.15, 0.2) is 11.9 Å². The number of hydrogen-bond acceptors (Lipinski definition) is 6. The van der Waals surface area contributed by atoms with Gasteiger partial charge in [-0.2, -0.15) is 0 Å². The van der Waals surface area contributed by atoms with Crippen molar-refractivity contribution < 1.29 is 14.0 Å². The van der Waals surface area contributed by atoms with Crippen LogP contribution in [0.25, 0.3) is 22.6 Å². The van der Waals surface area contributed by atoms with E-state index in [-0.39, 0.29) is 5.56 Å². The SMILES string of the molecule is CN(C)CCNc1ccc2nc(-c3ccc(Br)cc3)oc2c1C(=O)C=O. The Morgan fingerprint density at radius 1 is 1.23 bits per heavy atom. The van der Waals surface area contributed by atoms with Crippen molar-refractivity contribution in [3.63, 3.8) is 0 Å². The van der Waals surface area contributed by atoms with Gasteiger partial charge in [0.1, 0.15) is 5.52 Å². The van der Waals surface area contributed by atoms with Crippen molar-refractivity contribution in [2.24, 2.45) is 0 Å². The molecule has 2 aromatic carbocycles. The van der Waals surface area contributed by atoms with Crippen LogP contribution in [-0.2, 0) is 4.79 Å². The highest BCUT2D eigenvalue weighted by atomic mass is 79.9. The Labute approximate surface area is 159 Å². The quantitative estimate of drug-likeness (QED) is 0.360. The van der Waals surface area contributed by atoms with Crippen LogP contribution in [0.15, 0.2) is 45.3 Å². The van der Waals surface area contributed by atoms with E-state index in [1.165, 1.54) is 0 Å². The summed E-state index contributed by atoms with van der Waals surface area (Å²) in [4.78, 5) is 29.8. The molecule has 0 aliphatic carbocycles. The first kappa shape index (κ1) is 18.3. The van der Waals surface area contributed by atoms with Gasteiger partial charge >= 0.3 is 0 Å². The smallest absolute Gasteiger partial charge is 0.231 e. The molecular formula is C19H18BrN3O3. The number of halogens is 1. The molecule has 6 nitrogen and oxygen atoms in total. The van der Waals surface area contributed by atoms with Crippen LogP contribution in [-0.4, -0.2) is 49.1 Å². The molecule has 1 heterocycles. The lowest BCUT2D eigenvalue weighted by Gasteiger charge is -2.13. The number of anilines is 1. The maximum absolute atomic E-state index is 12.2. The molecule has 0 saturated heterocycles. The average Bonchev–Trinajstić information content (AvgIpc) is 3.05. The summed E-state index contributed by atoms with van der Waals surface area (Å²) in [6.45, 7) is 1.42. The second-order valence-corrected chi connectivity index (χ2v) is 6.99. The van der Waals surface area contributed by atoms with E-state index < -0.39 is 5.78 Å². The fourth-order valence-corrected chi connectivity index (χ4v) is 2.84. The predicted octanol–water partition coefficient (Wildman–Crippen LogP) is 3.61. The molecule has 1 aromatic heterocycles. The molecular weight excluding hydrogens is 398 g/mol. The molecule has 0 unspecified atom stereocenters.